The van der Waals surface area contributed by atoms with E-state index in [0.29, 0.717) is 5.41 Å². The molecule has 2 aromatic rings. The Balaban J connectivity index is 1.80. The second-order valence-corrected chi connectivity index (χ2v) is 6.58. The molecule has 1 unspecified atom stereocenters. The van der Waals surface area contributed by atoms with E-state index >= 15 is 0 Å². The fourth-order valence-electron chi connectivity index (χ4n) is 4.41. The van der Waals surface area contributed by atoms with Crippen LogP contribution >= 0.6 is 0 Å². The summed E-state index contributed by atoms with van der Waals surface area (Å²) in [5.74, 6) is 0. The van der Waals surface area contributed by atoms with Crippen molar-refractivity contribution in [3.8, 4) is 0 Å². The molecule has 108 valence electrons. The Morgan fingerprint density at radius 1 is 1.33 bits per heavy atom. The van der Waals surface area contributed by atoms with Gasteiger partial charge in [-0.1, -0.05) is 31.2 Å². The maximum Gasteiger partial charge on any atom is 0.0948 e. The molecular formula is C19H22N2. The normalized spacial score (nSPS) is 23.6. The zero-order chi connectivity index (χ0) is 14.3. The number of hydrogen-bond donors (Lipinski definition) is 0. The van der Waals surface area contributed by atoms with Crippen LogP contribution in [0.4, 0.5) is 0 Å². The molecule has 0 N–H and O–H groups in total. The predicted octanol–water partition coefficient (Wildman–Crippen LogP) is 4.35. The van der Waals surface area contributed by atoms with Gasteiger partial charge in [0.1, 0.15) is 0 Å². The average Bonchev–Trinajstić information content (AvgIpc) is 3.00. The molecule has 0 amide bonds. The highest BCUT2D eigenvalue weighted by Gasteiger charge is 2.39. The van der Waals surface area contributed by atoms with E-state index in [1.54, 1.807) is 16.7 Å². The smallest absolute Gasteiger partial charge is 0.0948 e. The van der Waals surface area contributed by atoms with Crippen molar-refractivity contribution in [2.75, 3.05) is 0 Å². The fourth-order valence-corrected chi connectivity index (χ4v) is 4.41. The van der Waals surface area contributed by atoms with E-state index in [0.717, 1.165) is 6.54 Å². The van der Waals surface area contributed by atoms with Gasteiger partial charge < -0.3 is 4.57 Å². The van der Waals surface area contributed by atoms with Crippen molar-refractivity contribution >= 4 is 6.08 Å². The second kappa shape index (κ2) is 4.87. The van der Waals surface area contributed by atoms with Crippen LogP contribution in [-0.4, -0.2) is 9.55 Å². The summed E-state index contributed by atoms with van der Waals surface area (Å²) in [5.41, 5.74) is 6.65. The van der Waals surface area contributed by atoms with E-state index in [9.17, 15) is 0 Å². The molecule has 1 aromatic carbocycles. The van der Waals surface area contributed by atoms with E-state index in [2.05, 4.69) is 46.9 Å². The number of allylic oxidation sites excluding steroid dienone is 1. The predicted molar refractivity (Wildman–Crippen MR) is 86.2 cm³/mol. The van der Waals surface area contributed by atoms with E-state index in [1.807, 2.05) is 12.5 Å². The molecule has 0 spiro atoms. The summed E-state index contributed by atoms with van der Waals surface area (Å²) in [7, 11) is 0. The van der Waals surface area contributed by atoms with Crippen LogP contribution in [0.25, 0.3) is 6.08 Å². The van der Waals surface area contributed by atoms with Gasteiger partial charge in [0, 0.05) is 18.9 Å². The van der Waals surface area contributed by atoms with Crippen molar-refractivity contribution in [1.29, 1.82) is 0 Å². The molecule has 0 saturated carbocycles. The maximum atomic E-state index is 4.17. The van der Waals surface area contributed by atoms with E-state index in [1.165, 1.54) is 37.7 Å². The highest BCUT2D eigenvalue weighted by molar-refractivity contribution is 5.65. The van der Waals surface area contributed by atoms with Gasteiger partial charge in [0.25, 0.3) is 0 Å². The SMILES string of the molecule is CCC12CCCc3cccc(c31)C=C(Cn1ccnc1)C2. The van der Waals surface area contributed by atoms with Gasteiger partial charge in [0.15, 0.2) is 0 Å². The first-order valence-corrected chi connectivity index (χ1v) is 8.08. The van der Waals surface area contributed by atoms with Crippen LogP contribution in [0.5, 0.6) is 0 Å². The first-order valence-electron chi connectivity index (χ1n) is 8.08. The Kier molecular flexibility index (Phi) is 2.99. The number of hydrogen-bond acceptors (Lipinski definition) is 1. The molecule has 0 aliphatic heterocycles. The highest BCUT2D eigenvalue weighted by Crippen LogP contribution is 2.49. The number of imidazole rings is 1. The van der Waals surface area contributed by atoms with Crippen LogP contribution in [-0.2, 0) is 18.4 Å². The van der Waals surface area contributed by atoms with Gasteiger partial charge in [-0.15, -0.1) is 0 Å². The molecule has 0 saturated heterocycles. The van der Waals surface area contributed by atoms with Gasteiger partial charge in [0.2, 0.25) is 0 Å². The summed E-state index contributed by atoms with van der Waals surface area (Å²) in [4.78, 5) is 4.17. The Morgan fingerprint density at radius 2 is 2.29 bits per heavy atom. The lowest BCUT2D eigenvalue weighted by Crippen LogP contribution is -2.34. The highest BCUT2D eigenvalue weighted by atomic mass is 15.0. The zero-order valence-electron chi connectivity index (χ0n) is 12.7. The summed E-state index contributed by atoms with van der Waals surface area (Å²) < 4.78 is 2.19. The number of benzene rings is 1. The van der Waals surface area contributed by atoms with Crippen molar-refractivity contribution in [3.63, 3.8) is 0 Å². The standard InChI is InChI=1S/C19H22N2/c1-2-19-8-4-7-16-5-3-6-17(18(16)19)11-15(12-19)13-21-10-9-20-14-21/h3,5-6,9-11,14H,2,4,7-8,12-13H2,1H3. The third-order valence-electron chi connectivity index (χ3n) is 5.36. The van der Waals surface area contributed by atoms with E-state index in [4.69, 9.17) is 0 Å². The third-order valence-corrected chi connectivity index (χ3v) is 5.36. The second-order valence-electron chi connectivity index (χ2n) is 6.58. The van der Waals surface area contributed by atoms with Gasteiger partial charge in [-0.25, -0.2) is 4.98 Å². The summed E-state index contributed by atoms with van der Waals surface area (Å²) in [6, 6.07) is 6.88. The Labute approximate surface area is 126 Å². The van der Waals surface area contributed by atoms with Gasteiger partial charge in [-0.2, -0.15) is 0 Å². The van der Waals surface area contributed by atoms with Crippen LogP contribution in [0.1, 0.15) is 49.3 Å². The largest absolute Gasteiger partial charge is 0.333 e. The molecule has 2 nitrogen and oxygen atoms in total. The quantitative estimate of drug-likeness (QED) is 0.816. The minimum atomic E-state index is 0.384. The lowest BCUT2D eigenvalue weighted by atomic mass is 9.61. The minimum Gasteiger partial charge on any atom is -0.333 e. The summed E-state index contributed by atoms with van der Waals surface area (Å²) >= 11 is 0. The van der Waals surface area contributed by atoms with Crippen LogP contribution < -0.4 is 0 Å². The molecule has 1 atom stereocenters. The molecule has 2 heteroatoms. The molecule has 0 bridgehead atoms. The number of nitrogens with zero attached hydrogens (tertiary/aromatic N) is 2. The van der Waals surface area contributed by atoms with Gasteiger partial charge in [-0.3, -0.25) is 0 Å². The van der Waals surface area contributed by atoms with Crippen molar-refractivity contribution in [1.82, 2.24) is 9.55 Å². The van der Waals surface area contributed by atoms with Crippen LogP contribution in [0, 0.1) is 0 Å². The molecule has 0 fully saturated rings. The number of aromatic nitrogens is 2. The van der Waals surface area contributed by atoms with Gasteiger partial charge in [-0.05, 0) is 59.8 Å². The molecule has 4 rings (SSSR count). The Bertz CT molecular complexity index is 682. The first-order chi connectivity index (χ1) is 10.3. The van der Waals surface area contributed by atoms with E-state index in [-0.39, 0.29) is 0 Å². The van der Waals surface area contributed by atoms with Crippen molar-refractivity contribution in [2.24, 2.45) is 0 Å². The number of aryl methyl sites for hydroxylation is 1. The fraction of sp³-hybridized carbons (Fsp3) is 0.421. The summed E-state index contributed by atoms with van der Waals surface area (Å²) in [5, 5.41) is 0. The topological polar surface area (TPSA) is 17.8 Å². The zero-order valence-corrected chi connectivity index (χ0v) is 12.7. The molecular weight excluding hydrogens is 256 g/mol. The Morgan fingerprint density at radius 3 is 3.10 bits per heavy atom. The van der Waals surface area contributed by atoms with E-state index < -0.39 is 0 Å². The molecule has 1 heterocycles. The lowest BCUT2D eigenvalue weighted by Gasteiger charge is -2.43. The van der Waals surface area contributed by atoms with Crippen molar-refractivity contribution in [3.05, 3.63) is 59.2 Å². The molecule has 21 heavy (non-hydrogen) atoms. The summed E-state index contributed by atoms with van der Waals surface area (Å²) in [6.07, 6.45) is 14.7. The molecule has 2 aliphatic carbocycles. The monoisotopic (exact) mass is 278 g/mol. The summed E-state index contributed by atoms with van der Waals surface area (Å²) in [6.45, 7) is 3.34. The van der Waals surface area contributed by atoms with Crippen LogP contribution in [0.2, 0.25) is 0 Å². The molecule has 0 radical (unpaired) electrons. The van der Waals surface area contributed by atoms with Crippen molar-refractivity contribution in [2.45, 2.75) is 51.0 Å². The molecule has 1 aromatic heterocycles. The van der Waals surface area contributed by atoms with Gasteiger partial charge in [0.05, 0.1) is 6.33 Å². The van der Waals surface area contributed by atoms with Crippen LogP contribution in [0.3, 0.4) is 0 Å². The molecule has 2 aliphatic rings. The number of rotatable bonds is 3. The minimum absolute atomic E-state index is 0.384. The average molecular weight is 278 g/mol. The first kappa shape index (κ1) is 12.9. The maximum absolute atomic E-state index is 4.17. The van der Waals surface area contributed by atoms with Crippen molar-refractivity contribution < 1.29 is 0 Å². The third kappa shape index (κ3) is 2.05. The Hall–Kier alpha value is -1.83. The van der Waals surface area contributed by atoms with Gasteiger partial charge >= 0.3 is 0 Å². The van der Waals surface area contributed by atoms with Crippen LogP contribution in [0.15, 0.2) is 42.5 Å². The lowest BCUT2D eigenvalue weighted by molar-refractivity contribution is 0.335.